The fourth-order valence-electron chi connectivity index (χ4n) is 2.04. The van der Waals surface area contributed by atoms with Gasteiger partial charge in [-0.3, -0.25) is 0 Å². The van der Waals surface area contributed by atoms with Crippen molar-refractivity contribution in [1.82, 2.24) is 5.32 Å². The van der Waals surface area contributed by atoms with E-state index in [4.69, 9.17) is 0 Å². The molecule has 2 rings (SSSR count). The van der Waals surface area contributed by atoms with Crippen LogP contribution in [0.2, 0.25) is 0 Å². The monoisotopic (exact) mass is 286 g/mol. The summed E-state index contributed by atoms with van der Waals surface area (Å²) in [5, 5.41) is 5.30. The number of aryl methyl sites for hydroxylation is 1. The highest BCUT2D eigenvalue weighted by Gasteiger charge is 2.11. The molecule has 3 nitrogen and oxygen atoms in total. The van der Waals surface area contributed by atoms with Crippen molar-refractivity contribution in [1.29, 1.82) is 0 Å². The highest BCUT2D eigenvalue weighted by Crippen LogP contribution is 2.15. The Labute approximate surface area is 124 Å². The number of carbonyl (C=O) groups is 1. The van der Waals surface area contributed by atoms with Crippen LogP contribution in [0.25, 0.3) is 0 Å². The molecule has 0 saturated carbocycles. The van der Waals surface area contributed by atoms with Crippen molar-refractivity contribution in [2.45, 2.75) is 26.3 Å². The molecule has 2 amide bonds. The number of anilines is 1. The molecule has 0 radical (unpaired) electrons. The Morgan fingerprint density at radius 3 is 2.43 bits per heavy atom. The van der Waals surface area contributed by atoms with Crippen molar-refractivity contribution >= 4 is 11.7 Å². The van der Waals surface area contributed by atoms with E-state index in [1.165, 1.54) is 17.7 Å². The molecule has 0 aromatic heterocycles. The van der Waals surface area contributed by atoms with Crippen LogP contribution < -0.4 is 10.6 Å². The molecule has 0 bridgehead atoms. The third kappa shape index (κ3) is 4.05. The van der Waals surface area contributed by atoms with Crippen LogP contribution in [0.15, 0.2) is 48.5 Å². The Morgan fingerprint density at radius 2 is 1.81 bits per heavy atom. The van der Waals surface area contributed by atoms with Crippen molar-refractivity contribution in [3.63, 3.8) is 0 Å². The van der Waals surface area contributed by atoms with Gasteiger partial charge < -0.3 is 10.6 Å². The van der Waals surface area contributed by atoms with Gasteiger partial charge in [0.15, 0.2) is 0 Å². The van der Waals surface area contributed by atoms with Gasteiger partial charge in [0.2, 0.25) is 0 Å². The van der Waals surface area contributed by atoms with E-state index in [0.717, 1.165) is 12.0 Å². The second-order valence-electron chi connectivity index (χ2n) is 4.90. The second-order valence-corrected chi connectivity index (χ2v) is 4.90. The lowest BCUT2D eigenvalue weighted by atomic mass is 10.1. The number of hydrogen-bond acceptors (Lipinski definition) is 1. The lowest BCUT2D eigenvalue weighted by Gasteiger charge is -2.15. The topological polar surface area (TPSA) is 41.1 Å². The van der Waals surface area contributed by atoms with Crippen LogP contribution >= 0.6 is 0 Å². The van der Waals surface area contributed by atoms with E-state index in [1.54, 1.807) is 12.1 Å². The molecular weight excluding hydrogens is 267 g/mol. The molecule has 0 heterocycles. The Kier molecular flexibility index (Phi) is 4.93. The smallest absolute Gasteiger partial charge is 0.319 e. The molecule has 1 atom stereocenters. The summed E-state index contributed by atoms with van der Waals surface area (Å²) in [5.41, 5.74) is 2.43. The van der Waals surface area contributed by atoms with Crippen molar-refractivity contribution < 1.29 is 9.18 Å². The summed E-state index contributed by atoms with van der Waals surface area (Å²) in [4.78, 5) is 11.9. The molecule has 2 N–H and O–H groups in total. The number of hydrogen-bond donors (Lipinski definition) is 2. The van der Waals surface area contributed by atoms with Crippen LogP contribution in [0, 0.1) is 5.82 Å². The number of para-hydroxylation sites is 1. The fourth-order valence-corrected chi connectivity index (χ4v) is 2.04. The Bertz CT molecular complexity index is 610. The highest BCUT2D eigenvalue weighted by atomic mass is 19.1. The zero-order valence-electron chi connectivity index (χ0n) is 12.2. The Hall–Kier alpha value is -2.36. The maximum atomic E-state index is 13.5. The molecule has 110 valence electrons. The lowest BCUT2D eigenvalue weighted by Crippen LogP contribution is -2.31. The summed E-state index contributed by atoms with van der Waals surface area (Å²) in [5.74, 6) is -0.451. The van der Waals surface area contributed by atoms with Crippen LogP contribution in [0.3, 0.4) is 0 Å². The van der Waals surface area contributed by atoms with Crippen LogP contribution in [-0.2, 0) is 6.42 Å². The van der Waals surface area contributed by atoms with E-state index in [-0.39, 0.29) is 11.7 Å². The van der Waals surface area contributed by atoms with E-state index in [1.807, 2.05) is 31.2 Å². The number of amides is 2. The highest BCUT2D eigenvalue weighted by molar-refractivity contribution is 5.89. The van der Waals surface area contributed by atoms with Gasteiger partial charge >= 0.3 is 6.03 Å². The van der Waals surface area contributed by atoms with Gasteiger partial charge in [-0.15, -0.1) is 0 Å². The summed E-state index contributed by atoms with van der Waals surface area (Å²) in [7, 11) is 0. The predicted octanol–water partition coefficient (Wildman–Crippen LogP) is 4.27. The number of halogens is 1. The SMILES string of the molecule is CCc1ccc(C(C)NC(=O)Nc2ccccc2F)cc1. The normalized spacial score (nSPS) is 11.8. The van der Waals surface area contributed by atoms with E-state index in [2.05, 4.69) is 17.6 Å². The van der Waals surface area contributed by atoms with E-state index in [0.29, 0.717) is 0 Å². The van der Waals surface area contributed by atoms with Crippen molar-refractivity contribution in [3.05, 3.63) is 65.5 Å². The van der Waals surface area contributed by atoms with Crippen LogP contribution in [0.5, 0.6) is 0 Å². The first-order valence-electron chi connectivity index (χ1n) is 7.01. The van der Waals surface area contributed by atoms with Crippen LogP contribution in [0.4, 0.5) is 14.9 Å². The first-order chi connectivity index (χ1) is 10.1. The quantitative estimate of drug-likeness (QED) is 0.865. The van der Waals surface area contributed by atoms with Gasteiger partial charge in [-0.05, 0) is 36.6 Å². The first-order valence-corrected chi connectivity index (χ1v) is 7.01. The molecule has 2 aromatic carbocycles. The third-order valence-corrected chi connectivity index (χ3v) is 3.36. The summed E-state index contributed by atoms with van der Waals surface area (Å²) < 4.78 is 13.5. The van der Waals surface area contributed by atoms with E-state index < -0.39 is 11.8 Å². The fraction of sp³-hybridized carbons (Fsp3) is 0.235. The summed E-state index contributed by atoms with van der Waals surface area (Å²) in [6.07, 6.45) is 0.982. The third-order valence-electron chi connectivity index (χ3n) is 3.36. The molecular formula is C17H19FN2O. The van der Waals surface area contributed by atoms with Gasteiger partial charge in [-0.25, -0.2) is 9.18 Å². The largest absolute Gasteiger partial charge is 0.331 e. The average molecular weight is 286 g/mol. The van der Waals surface area contributed by atoms with Gasteiger partial charge in [0, 0.05) is 0 Å². The minimum absolute atomic E-state index is 0.150. The molecule has 2 aromatic rings. The summed E-state index contributed by atoms with van der Waals surface area (Å²) >= 11 is 0. The maximum Gasteiger partial charge on any atom is 0.319 e. The van der Waals surface area contributed by atoms with Gasteiger partial charge in [-0.1, -0.05) is 43.3 Å². The molecule has 1 unspecified atom stereocenters. The second kappa shape index (κ2) is 6.88. The first kappa shape index (κ1) is 15.0. The van der Waals surface area contributed by atoms with Gasteiger partial charge in [0.1, 0.15) is 5.82 Å². The summed E-state index contributed by atoms with van der Waals surface area (Å²) in [6, 6.07) is 13.6. The molecule has 0 aliphatic rings. The molecule has 0 saturated heterocycles. The Morgan fingerprint density at radius 1 is 1.14 bits per heavy atom. The van der Waals surface area contributed by atoms with Crippen LogP contribution in [-0.4, -0.2) is 6.03 Å². The molecule has 4 heteroatoms. The maximum absolute atomic E-state index is 13.5. The number of benzene rings is 2. The summed E-state index contributed by atoms with van der Waals surface area (Å²) in [6.45, 7) is 3.99. The minimum atomic E-state index is -0.451. The van der Waals surface area contributed by atoms with Crippen molar-refractivity contribution in [3.8, 4) is 0 Å². The number of nitrogens with one attached hydrogen (secondary N) is 2. The van der Waals surface area contributed by atoms with Crippen LogP contribution in [0.1, 0.15) is 31.0 Å². The van der Waals surface area contributed by atoms with Gasteiger partial charge in [-0.2, -0.15) is 0 Å². The lowest BCUT2D eigenvalue weighted by molar-refractivity contribution is 0.249. The van der Waals surface area contributed by atoms with Gasteiger partial charge in [0.25, 0.3) is 0 Å². The zero-order valence-corrected chi connectivity index (χ0v) is 12.2. The molecule has 21 heavy (non-hydrogen) atoms. The van der Waals surface area contributed by atoms with Crippen molar-refractivity contribution in [2.24, 2.45) is 0 Å². The number of rotatable bonds is 4. The van der Waals surface area contributed by atoms with E-state index >= 15 is 0 Å². The number of carbonyl (C=O) groups excluding carboxylic acids is 1. The molecule has 0 aliphatic carbocycles. The number of urea groups is 1. The standard InChI is InChI=1S/C17H19FN2O/c1-3-13-8-10-14(11-9-13)12(2)19-17(21)20-16-7-5-4-6-15(16)18/h4-12H,3H2,1-2H3,(H2,19,20,21). The zero-order chi connectivity index (χ0) is 15.2. The average Bonchev–Trinajstić information content (AvgIpc) is 2.49. The van der Waals surface area contributed by atoms with Crippen molar-refractivity contribution in [2.75, 3.05) is 5.32 Å². The van der Waals surface area contributed by atoms with Gasteiger partial charge in [0.05, 0.1) is 11.7 Å². The molecule has 0 aliphatic heterocycles. The molecule has 0 fully saturated rings. The molecule has 0 spiro atoms. The van der Waals surface area contributed by atoms with E-state index in [9.17, 15) is 9.18 Å². The minimum Gasteiger partial charge on any atom is -0.331 e. The Balaban J connectivity index is 1.97. The predicted molar refractivity (Wildman–Crippen MR) is 82.8 cm³/mol.